The van der Waals surface area contributed by atoms with Gasteiger partial charge in [-0.1, -0.05) is 158 Å². The molecule has 0 aliphatic heterocycles. The Labute approximate surface area is 272 Å². The molecular formula is C43H28N4. The van der Waals surface area contributed by atoms with Gasteiger partial charge in [0.15, 0.2) is 5.82 Å². The molecule has 0 amide bonds. The fourth-order valence-corrected chi connectivity index (χ4v) is 6.58. The van der Waals surface area contributed by atoms with Crippen LogP contribution in [0.1, 0.15) is 0 Å². The quantitative estimate of drug-likeness (QED) is 0.197. The van der Waals surface area contributed by atoms with Crippen LogP contribution in [0.3, 0.4) is 0 Å². The lowest BCUT2D eigenvalue weighted by Gasteiger charge is -2.12. The van der Waals surface area contributed by atoms with Crippen LogP contribution in [0.2, 0.25) is 0 Å². The van der Waals surface area contributed by atoms with E-state index in [1.54, 1.807) is 0 Å². The van der Waals surface area contributed by atoms with E-state index in [-0.39, 0.29) is 0 Å². The summed E-state index contributed by atoms with van der Waals surface area (Å²) >= 11 is 0. The molecule has 47 heavy (non-hydrogen) atoms. The summed E-state index contributed by atoms with van der Waals surface area (Å²) in [6, 6.07) is 59.0. The molecule has 0 bridgehead atoms. The smallest absolute Gasteiger partial charge is 0.160 e. The maximum atomic E-state index is 5.35. The molecule has 0 spiro atoms. The van der Waals surface area contributed by atoms with E-state index in [0.29, 0.717) is 0 Å². The van der Waals surface area contributed by atoms with Crippen molar-refractivity contribution in [3.63, 3.8) is 0 Å². The summed E-state index contributed by atoms with van der Waals surface area (Å²) in [6.45, 7) is 0. The third kappa shape index (κ3) is 4.66. The summed E-state index contributed by atoms with van der Waals surface area (Å²) in [7, 11) is 0. The van der Waals surface area contributed by atoms with Gasteiger partial charge in [0, 0.05) is 38.6 Å². The minimum absolute atomic E-state index is 0.720. The van der Waals surface area contributed by atoms with Crippen molar-refractivity contribution in [2.75, 3.05) is 0 Å². The van der Waals surface area contributed by atoms with Crippen LogP contribution in [0.25, 0.3) is 83.5 Å². The lowest BCUT2D eigenvalue weighted by atomic mass is 9.95. The minimum Gasteiger partial charge on any atom is -0.231 e. The third-order valence-electron chi connectivity index (χ3n) is 8.82. The highest BCUT2D eigenvalue weighted by atomic mass is 15.2. The highest BCUT2D eigenvalue weighted by Crippen LogP contribution is 2.41. The monoisotopic (exact) mass is 600 g/mol. The van der Waals surface area contributed by atoms with E-state index in [1.807, 2.05) is 36.4 Å². The van der Waals surface area contributed by atoms with Crippen molar-refractivity contribution in [2.24, 2.45) is 0 Å². The molecule has 0 unspecified atom stereocenters. The van der Waals surface area contributed by atoms with Gasteiger partial charge in [0.2, 0.25) is 0 Å². The Kier molecular flexibility index (Phi) is 6.43. The number of rotatable bonds is 5. The fourth-order valence-electron chi connectivity index (χ4n) is 6.58. The van der Waals surface area contributed by atoms with Gasteiger partial charge in [0.1, 0.15) is 5.69 Å². The van der Waals surface area contributed by atoms with Gasteiger partial charge < -0.3 is 0 Å². The zero-order chi connectivity index (χ0) is 31.2. The molecular weight excluding hydrogens is 573 g/mol. The van der Waals surface area contributed by atoms with E-state index in [1.165, 1.54) is 5.39 Å². The Morgan fingerprint density at radius 3 is 1.68 bits per heavy atom. The average molecular weight is 601 g/mol. The highest BCUT2D eigenvalue weighted by molar-refractivity contribution is 6.08. The Balaban J connectivity index is 1.29. The molecule has 220 valence electrons. The molecule has 6 aromatic carbocycles. The zero-order valence-corrected chi connectivity index (χ0v) is 25.5. The normalized spacial score (nSPS) is 11.4. The van der Waals surface area contributed by atoms with E-state index in [0.717, 1.165) is 78.1 Å². The van der Waals surface area contributed by atoms with Gasteiger partial charge in [0.05, 0.1) is 22.4 Å². The van der Waals surface area contributed by atoms with Crippen molar-refractivity contribution in [1.82, 2.24) is 19.6 Å². The Hall–Kier alpha value is -6.39. The van der Waals surface area contributed by atoms with Gasteiger partial charge in [-0.15, -0.1) is 0 Å². The van der Waals surface area contributed by atoms with Gasteiger partial charge in [-0.05, 0) is 23.1 Å². The fraction of sp³-hybridized carbons (Fsp3) is 0. The van der Waals surface area contributed by atoms with Crippen LogP contribution in [0.5, 0.6) is 0 Å². The predicted molar refractivity (Wildman–Crippen MR) is 193 cm³/mol. The van der Waals surface area contributed by atoms with Crippen molar-refractivity contribution in [1.29, 1.82) is 0 Å². The lowest BCUT2D eigenvalue weighted by molar-refractivity contribution is 0.979. The van der Waals surface area contributed by atoms with Crippen LogP contribution >= 0.6 is 0 Å². The van der Waals surface area contributed by atoms with E-state index < -0.39 is 0 Å². The van der Waals surface area contributed by atoms with Gasteiger partial charge in [-0.3, -0.25) is 0 Å². The first kappa shape index (κ1) is 27.0. The number of hydrogen-bond donors (Lipinski definition) is 0. The number of nitrogens with zero attached hydrogens (tertiary/aromatic N) is 4. The first-order chi connectivity index (χ1) is 23.3. The SMILES string of the molecule is c1ccc(-c2nc(-c3ccc(-c4c(-c5ccccc5)nn5c(-c6ccccc6)cc6ccccc6c45)cc3)c3ccccc3n2)cc1. The standard InChI is InChI=1S/C43H28N4/c1-4-14-29(15-5-1)38-28-34-20-10-11-21-35(34)42-39(41(46-47(38)42)31-16-6-2-7-17-31)30-24-26-32(27-25-30)40-36-22-12-13-23-37(36)44-43(45-40)33-18-8-3-9-19-33/h1-28H. The van der Waals surface area contributed by atoms with Crippen molar-refractivity contribution in [3.05, 3.63) is 170 Å². The number of benzene rings is 6. The van der Waals surface area contributed by atoms with Crippen LogP contribution < -0.4 is 0 Å². The van der Waals surface area contributed by atoms with Gasteiger partial charge >= 0.3 is 0 Å². The second kappa shape index (κ2) is 11.2. The molecule has 0 saturated carbocycles. The highest BCUT2D eigenvalue weighted by Gasteiger charge is 2.22. The number of pyridine rings is 1. The van der Waals surface area contributed by atoms with Crippen LogP contribution in [-0.2, 0) is 0 Å². The van der Waals surface area contributed by atoms with Crippen LogP contribution in [0.15, 0.2) is 170 Å². The summed E-state index contributed by atoms with van der Waals surface area (Å²) in [6.07, 6.45) is 0. The van der Waals surface area contributed by atoms with Gasteiger partial charge in [-0.25, -0.2) is 14.5 Å². The maximum absolute atomic E-state index is 5.35. The van der Waals surface area contributed by atoms with Gasteiger partial charge in [0.25, 0.3) is 0 Å². The number of aromatic nitrogens is 4. The molecule has 9 rings (SSSR count). The average Bonchev–Trinajstić information content (AvgIpc) is 3.56. The maximum Gasteiger partial charge on any atom is 0.160 e. The molecule has 0 saturated heterocycles. The van der Waals surface area contributed by atoms with Crippen LogP contribution in [-0.4, -0.2) is 19.6 Å². The van der Waals surface area contributed by atoms with E-state index in [9.17, 15) is 0 Å². The number of fused-ring (bicyclic) bond motifs is 4. The summed E-state index contributed by atoms with van der Waals surface area (Å²) in [5.74, 6) is 0.720. The Morgan fingerprint density at radius 1 is 0.404 bits per heavy atom. The second-order valence-corrected chi connectivity index (χ2v) is 11.7. The van der Waals surface area contributed by atoms with E-state index in [4.69, 9.17) is 15.1 Å². The summed E-state index contributed by atoms with van der Waals surface area (Å²) in [5.41, 5.74) is 11.4. The molecule has 3 aromatic heterocycles. The van der Waals surface area contributed by atoms with Crippen molar-refractivity contribution < 1.29 is 0 Å². The number of para-hydroxylation sites is 1. The second-order valence-electron chi connectivity index (χ2n) is 11.7. The Bertz CT molecular complexity index is 2540. The van der Waals surface area contributed by atoms with Crippen LogP contribution in [0.4, 0.5) is 0 Å². The third-order valence-corrected chi connectivity index (χ3v) is 8.82. The molecule has 4 heteroatoms. The summed E-state index contributed by atoms with van der Waals surface area (Å²) in [4.78, 5) is 10.0. The number of hydrogen-bond acceptors (Lipinski definition) is 3. The molecule has 0 N–H and O–H groups in total. The zero-order valence-electron chi connectivity index (χ0n) is 25.5. The summed E-state index contributed by atoms with van der Waals surface area (Å²) < 4.78 is 2.13. The largest absolute Gasteiger partial charge is 0.231 e. The Morgan fingerprint density at radius 2 is 0.957 bits per heavy atom. The minimum atomic E-state index is 0.720. The van der Waals surface area contributed by atoms with E-state index in [2.05, 4.69) is 138 Å². The molecule has 0 fully saturated rings. The molecule has 0 radical (unpaired) electrons. The molecule has 3 heterocycles. The molecule has 0 aliphatic rings. The molecule has 9 aromatic rings. The molecule has 0 atom stereocenters. The summed E-state index contributed by atoms with van der Waals surface area (Å²) in [5, 5.41) is 8.72. The lowest BCUT2D eigenvalue weighted by Crippen LogP contribution is -1.95. The molecule has 0 aliphatic carbocycles. The molecule has 4 nitrogen and oxygen atoms in total. The van der Waals surface area contributed by atoms with Crippen LogP contribution in [0, 0.1) is 0 Å². The van der Waals surface area contributed by atoms with Crippen molar-refractivity contribution in [3.8, 4) is 56.3 Å². The first-order valence-corrected chi connectivity index (χ1v) is 15.8. The van der Waals surface area contributed by atoms with Gasteiger partial charge in [-0.2, -0.15) is 5.10 Å². The first-order valence-electron chi connectivity index (χ1n) is 15.8. The van der Waals surface area contributed by atoms with Crippen molar-refractivity contribution in [2.45, 2.75) is 0 Å². The topological polar surface area (TPSA) is 43.1 Å². The van der Waals surface area contributed by atoms with E-state index >= 15 is 0 Å². The predicted octanol–water partition coefficient (Wildman–Crippen LogP) is 10.8. The van der Waals surface area contributed by atoms with Crippen molar-refractivity contribution >= 4 is 27.2 Å².